The zero-order valence-electron chi connectivity index (χ0n) is 31.5. The van der Waals surface area contributed by atoms with Crippen LogP contribution in [0.15, 0.2) is 146 Å². The van der Waals surface area contributed by atoms with E-state index in [1.54, 1.807) is 0 Å². The van der Waals surface area contributed by atoms with Gasteiger partial charge in [0.25, 0.3) is 0 Å². The van der Waals surface area contributed by atoms with Crippen molar-refractivity contribution in [1.29, 1.82) is 21.0 Å². The number of para-hydroxylation sites is 2. The quantitative estimate of drug-likeness (QED) is 0.175. The van der Waals surface area contributed by atoms with Crippen LogP contribution in [0.1, 0.15) is 22.3 Å². The van der Waals surface area contributed by atoms with Crippen molar-refractivity contribution in [1.82, 2.24) is 9.13 Å². The molecule has 0 unspecified atom stereocenters. The van der Waals surface area contributed by atoms with Crippen LogP contribution in [0.4, 0.5) is 0 Å². The summed E-state index contributed by atoms with van der Waals surface area (Å²) in [4.78, 5) is 0. The fraction of sp³-hybridized carbons (Fsp3) is 0. The maximum Gasteiger partial charge on any atom is 0.103 e. The van der Waals surface area contributed by atoms with Crippen molar-refractivity contribution in [3.8, 4) is 80.2 Å². The Kier molecular flexibility index (Phi) is 6.08. The molecular formula is C54H24N6. The lowest BCUT2D eigenvalue weighted by Crippen LogP contribution is -2.12. The van der Waals surface area contributed by atoms with Gasteiger partial charge in [-0.2, -0.15) is 21.0 Å². The van der Waals surface area contributed by atoms with Crippen molar-refractivity contribution in [2.45, 2.75) is 0 Å². The topological polar surface area (TPSA) is 105 Å². The highest BCUT2D eigenvalue weighted by molar-refractivity contribution is 6.29. The molecule has 0 aliphatic heterocycles. The standard InChI is InChI=1S/C54H24N6/c55-25-43-45(27-57)54(60-48-22-8-6-16-34(48)42-24-40-32-14-4-2-12-30(32)36-18-10-20-38(50(36)40)52(42)60)46(28-58)44(26-56)53(43)59-47-21-7-5-15-33(47)41-23-39-31-13-3-1-11-29(31)35-17-9-19-37(49(35)39)51(41)59/h1-24H. The Morgan fingerprint density at radius 2 is 0.617 bits per heavy atom. The second kappa shape index (κ2) is 11.3. The minimum atomic E-state index is 0.0292. The third kappa shape index (κ3) is 3.70. The summed E-state index contributed by atoms with van der Waals surface area (Å²) < 4.78 is 3.91. The van der Waals surface area contributed by atoms with Gasteiger partial charge in [0.05, 0.1) is 55.7 Å². The maximum atomic E-state index is 11.4. The molecule has 2 aliphatic rings. The molecule has 11 aromatic rings. The molecular weight excluding hydrogens is 733 g/mol. The van der Waals surface area contributed by atoms with E-state index in [2.05, 4.69) is 121 Å². The van der Waals surface area contributed by atoms with Gasteiger partial charge in [-0.05, 0) is 79.5 Å². The lowest BCUT2D eigenvalue weighted by atomic mass is 9.93. The maximum absolute atomic E-state index is 11.4. The third-order valence-corrected chi connectivity index (χ3v) is 12.9. The molecule has 60 heavy (non-hydrogen) atoms. The molecule has 2 heterocycles. The minimum Gasteiger partial charge on any atom is -0.306 e. The predicted molar refractivity (Wildman–Crippen MR) is 238 cm³/mol. The fourth-order valence-electron chi connectivity index (χ4n) is 10.7. The van der Waals surface area contributed by atoms with Crippen molar-refractivity contribution >= 4 is 65.2 Å². The molecule has 6 nitrogen and oxygen atoms in total. The van der Waals surface area contributed by atoms with Crippen LogP contribution in [0.3, 0.4) is 0 Å². The highest BCUT2D eigenvalue weighted by Gasteiger charge is 2.33. The van der Waals surface area contributed by atoms with Crippen LogP contribution in [0.2, 0.25) is 0 Å². The Labute approximate surface area is 342 Å². The van der Waals surface area contributed by atoms with E-state index in [0.29, 0.717) is 0 Å². The van der Waals surface area contributed by atoms with Gasteiger partial charge in [-0.1, -0.05) is 121 Å². The molecule has 0 saturated heterocycles. The Balaban J connectivity index is 1.21. The van der Waals surface area contributed by atoms with Crippen molar-refractivity contribution in [3.63, 3.8) is 0 Å². The van der Waals surface area contributed by atoms with E-state index in [9.17, 15) is 21.0 Å². The molecule has 9 aromatic carbocycles. The van der Waals surface area contributed by atoms with Gasteiger partial charge < -0.3 is 9.13 Å². The summed E-state index contributed by atoms with van der Waals surface area (Å²) in [5.41, 5.74) is 12.8. The van der Waals surface area contributed by atoms with Crippen LogP contribution in [0, 0.1) is 45.3 Å². The Hall–Kier alpha value is -8.94. The first-order valence-electron chi connectivity index (χ1n) is 19.7. The largest absolute Gasteiger partial charge is 0.306 e. The van der Waals surface area contributed by atoms with Crippen molar-refractivity contribution in [2.24, 2.45) is 0 Å². The van der Waals surface area contributed by atoms with E-state index in [1.807, 2.05) is 57.7 Å². The second-order valence-electron chi connectivity index (χ2n) is 15.5. The van der Waals surface area contributed by atoms with Gasteiger partial charge in [-0.15, -0.1) is 0 Å². The summed E-state index contributed by atoms with van der Waals surface area (Å²) in [5.74, 6) is 0. The average molecular weight is 757 g/mol. The molecule has 0 radical (unpaired) electrons. The van der Waals surface area contributed by atoms with E-state index >= 15 is 0 Å². The molecule has 0 fully saturated rings. The highest BCUT2D eigenvalue weighted by Crippen LogP contribution is 2.54. The number of fused-ring (bicyclic) bond motifs is 14. The summed E-state index contributed by atoms with van der Waals surface area (Å²) >= 11 is 0. The highest BCUT2D eigenvalue weighted by atomic mass is 15.0. The van der Waals surface area contributed by atoms with E-state index < -0.39 is 0 Å². The Bertz CT molecular complexity index is 3740. The molecule has 6 heteroatoms. The van der Waals surface area contributed by atoms with E-state index in [0.717, 1.165) is 110 Å². The van der Waals surface area contributed by atoms with Crippen LogP contribution >= 0.6 is 0 Å². The summed E-state index contributed by atoms with van der Waals surface area (Å²) in [6.45, 7) is 0. The van der Waals surface area contributed by atoms with E-state index in [1.165, 1.54) is 0 Å². The molecule has 0 spiro atoms. The van der Waals surface area contributed by atoms with Gasteiger partial charge in [0.2, 0.25) is 0 Å². The van der Waals surface area contributed by atoms with Gasteiger partial charge in [0.1, 0.15) is 24.3 Å². The molecule has 0 saturated carbocycles. The summed E-state index contributed by atoms with van der Waals surface area (Å²) in [6.07, 6.45) is 0. The third-order valence-electron chi connectivity index (χ3n) is 12.9. The van der Waals surface area contributed by atoms with Gasteiger partial charge in [0, 0.05) is 32.3 Å². The second-order valence-corrected chi connectivity index (χ2v) is 15.5. The number of nitriles is 4. The molecule has 2 aliphatic carbocycles. The van der Waals surface area contributed by atoms with Crippen LogP contribution in [-0.2, 0) is 0 Å². The van der Waals surface area contributed by atoms with Crippen molar-refractivity contribution in [3.05, 3.63) is 168 Å². The van der Waals surface area contributed by atoms with Gasteiger partial charge >= 0.3 is 0 Å². The summed E-state index contributed by atoms with van der Waals surface area (Å²) in [5, 5.41) is 53.3. The molecule has 0 atom stereocenters. The molecule has 2 aromatic heterocycles. The Morgan fingerprint density at radius 3 is 1.00 bits per heavy atom. The monoisotopic (exact) mass is 756 g/mol. The number of nitrogens with zero attached hydrogens (tertiary/aromatic N) is 6. The predicted octanol–water partition coefficient (Wildman–Crippen LogP) is 13.0. The molecule has 0 amide bonds. The van der Waals surface area contributed by atoms with Crippen molar-refractivity contribution < 1.29 is 0 Å². The van der Waals surface area contributed by atoms with Gasteiger partial charge in [-0.25, -0.2) is 0 Å². The first kappa shape index (κ1) is 32.2. The Morgan fingerprint density at radius 1 is 0.300 bits per heavy atom. The van der Waals surface area contributed by atoms with Crippen molar-refractivity contribution in [2.75, 3.05) is 0 Å². The number of benzene rings is 9. The number of hydrogen-bond acceptors (Lipinski definition) is 4. The van der Waals surface area contributed by atoms with Crippen LogP contribution in [0.25, 0.3) is 121 Å². The number of aromatic nitrogens is 2. The zero-order chi connectivity index (χ0) is 40.0. The van der Waals surface area contributed by atoms with Crippen LogP contribution in [0.5, 0.6) is 0 Å². The number of hydrogen-bond donors (Lipinski definition) is 0. The van der Waals surface area contributed by atoms with E-state index in [4.69, 9.17) is 0 Å². The molecule has 0 N–H and O–H groups in total. The van der Waals surface area contributed by atoms with E-state index in [-0.39, 0.29) is 33.6 Å². The average Bonchev–Trinajstić information content (AvgIpc) is 4.02. The lowest BCUT2D eigenvalue weighted by Gasteiger charge is -2.20. The van der Waals surface area contributed by atoms with Gasteiger partial charge in [-0.3, -0.25) is 0 Å². The SMILES string of the molecule is N#Cc1c(C#N)c(-n2c3ccccc3c3cc4c5c(cccc5c32)-c2ccccc2-4)c(C#N)c(C#N)c1-n1c2ccccc2c2cc3c4c(cccc4c21)-c1ccccc1-3. The number of rotatable bonds is 2. The fourth-order valence-corrected chi connectivity index (χ4v) is 10.7. The summed E-state index contributed by atoms with van der Waals surface area (Å²) in [7, 11) is 0. The van der Waals surface area contributed by atoms with Crippen LogP contribution < -0.4 is 0 Å². The summed E-state index contributed by atoms with van der Waals surface area (Å²) in [6, 6.07) is 59.3. The minimum absolute atomic E-state index is 0.0292. The molecule has 270 valence electrons. The van der Waals surface area contributed by atoms with Gasteiger partial charge in [0.15, 0.2) is 0 Å². The zero-order valence-corrected chi connectivity index (χ0v) is 31.5. The first-order chi connectivity index (χ1) is 29.7. The molecule has 0 bridgehead atoms. The lowest BCUT2D eigenvalue weighted by molar-refractivity contribution is 1.11. The smallest absolute Gasteiger partial charge is 0.103 e. The van der Waals surface area contributed by atoms with Crippen LogP contribution in [-0.4, -0.2) is 9.13 Å². The molecule has 13 rings (SSSR count). The first-order valence-corrected chi connectivity index (χ1v) is 19.7. The normalized spacial score (nSPS) is 11.9.